The van der Waals surface area contributed by atoms with Crippen molar-refractivity contribution < 1.29 is 9.53 Å². The van der Waals surface area contributed by atoms with Crippen LogP contribution in [0.3, 0.4) is 0 Å². The lowest BCUT2D eigenvalue weighted by Gasteiger charge is -2.13. The zero-order valence-electron chi connectivity index (χ0n) is 12.5. The maximum Gasteiger partial charge on any atom is 0.251 e. The highest BCUT2D eigenvalue weighted by Crippen LogP contribution is 2.32. The van der Waals surface area contributed by atoms with Gasteiger partial charge in [-0.25, -0.2) is 0 Å². The van der Waals surface area contributed by atoms with Crippen LogP contribution in [0.1, 0.15) is 56.3 Å². The summed E-state index contributed by atoms with van der Waals surface area (Å²) in [6.45, 7) is 5.01. The number of carbonyl (C=O) groups is 1. The van der Waals surface area contributed by atoms with Gasteiger partial charge in [-0.1, -0.05) is 19.8 Å². The summed E-state index contributed by atoms with van der Waals surface area (Å²) in [6.07, 6.45) is 5.96. The lowest BCUT2D eigenvalue weighted by atomic mass is 10.1. The molecule has 0 radical (unpaired) electrons. The number of rotatable bonds is 8. The van der Waals surface area contributed by atoms with Crippen LogP contribution in [0.2, 0.25) is 0 Å². The third-order valence-electron chi connectivity index (χ3n) is 3.82. The fraction of sp³-hybridized carbons (Fsp3) is 0.588. The molecule has 1 fully saturated rings. The van der Waals surface area contributed by atoms with Crippen LogP contribution >= 0.6 is 0 Å². The molecule has 3 heteroatoms. The van der Waals surface area contributed by atoms with Gasteiger partial charge in [-0.05, 0) is 56.4 Å². The van der Waals surface area contributed by atoms with Gasteiger partial charge in [0.25, 0.3) is 5.91 Å². The first-order valence-electron chi connectivity index (χ1n) is 7.74. The minimum atomic E-state index is 0.0157. The van der Waals surface area contributed by atoms with Crippen molar-refractivity contribution in [2.75, 3.05) is 6.61 Å². The number of unbranched alkanes of at least 4 members (excludes halogenated alkanes) is 2. The Morgan fingerprint density at radius 2 is 2.00 bits per heavy atom. The molecule has 0 aromatic heterocycles. The number of amides is 1. The molecule has 110 valence electrons. The van der Waals surface area contributed by atoms with Gasteiger partial charge in [0.2, 0.25) is 0 Å². The molecule has 0 heterocycles. The highest BCUT2D eigenvalue weighted by molar-refractivity contribution is 5.94. The minimum Gasteiger partial charge on any atom is -0.494 e. The average Bonchev–Trinajstić information content (AvgIpc) is 3.29. The van der Waals surface area contributed by atoms with E-state index in [1.54, 1.807) is 0 Å². The number of carbonyl (C=O) groups excluding carboxylic acids is 1. The predicted molar refractivity (Wildman–Crippen MR) is 81.1 cm³/mol. The molecule has 0 saturated heterocycles. The van der Waals surface area contributed by atoms with Gasteiger partial charge in [0, 0.05) is 11.6 Å². The Bertz CT molecular complexity index is 423. The fourth-order valence-corrected chi connectivity index (χ4v) is 2.25. The molecule has 1 aromatic carbocycles. The van der Waals surface area contributed by atoms with Crippen molar-refractivity contribution in [3.05, 3.63) is 29.8 Å². The summed E-state index contributed by atoms with van der Waals surface area (Å²) in [5.41, 5.74) is 0.707. The molecule has 2 rings (SSSR count). The monoisotopic (exact) mass is 275 g/mol. The van der Waals surface area contributed by atoms with Crippen molar-refractivity contribution >= 4 is 5.91 Å². The number of hydrogen-bond acceptors (Lipinski definition) is 2. The van der Waals surface area contributed by atoms with Crippen LogP contribution in [0.4, 0.5) is 0 Å². The topological polar surface area (TPSA) is 38.3 Å². The Balaban J connectivity index is 1.79. The molecule has 0 aliphatic heterocycles. The molecule has 0 bridgehead atoms. The molecule has 1 unspecified atom stereocenters. The lowest BCUT2D eigenvalue weighted by molar-refractivity contribution is 0.0936. The Morgan fingerprint density at radius 3 is 2.60 bits per heavy atom. The van der Waals surface area contributed by atoms with E-state index in [0.717, 1.165) is 18.8 Å². The van der Waals surface area contributed by atoms with Crippen LogP contribution in [0.15, 0.2) is 24.3 Å². The van der Waals surface area contributed by atoms with Crippen LogP contribution in [-0.2, 0) is 0 Å². The van der Waals surface area contributed by atoms with Gasteiger partial charge in [-0.2, -0.15) is 0 Å². The van der Waals surface area contributed by atoms with Gasteiger partial charge in [0.1, 0.15) is 5.75 Å². The van der Waals surface area contributed by atoms with Crippen LogP contribution < -0.4 is 10.1 Å². The summed E-state index contributed by atoms with van der Waals surface area (Å²) in [6, 6.07) is 7.71. The van der Waals surface area contributed by atoms with E-state index < -0.39 is 0 Å². The smallest absolute Gasteiger partial charge is 0.251 e. The largest absolute Gasteiger partial charge is 0.494 e. The summed E-state index contributed by atoms with van der Waals surface area (Å²) in [5, 5.41) is 3.06. The van der Waals surface area contributed by atoms with E-state index in [-0.39, 0.29) is 11.9 Å². The quantitative estimate of drug-likeness (QED) is 0.733. The van der Waals surface area contributed by atoms with Gasteiger partial charge >= 0.3 is 0 Å². The van der Waals surface area contributed by atoms with Crippen LogP contribution in [0.25, 0.3) is 0 Å². The first-order chi connectivity index (χ1) is 9.70. The van der Waals surface area contributed by atoms with E-state index in [1.807, 2.05) is 24.3 Å². The van der Waals surface area contributed by atoms with Crippen molar-refractivity contribution in [3.63, 3.8) is 0 Å². The molecule has 1 aliphatic carbocycles. The molecular formula is C17H25NO2. The van der Waals surface area contributed by atoms with Crippen LogP contribution in [0.5, 0.6) is 5.75 Å². The highest BCUT2D eigenvalue weighted by atomic mass is 16.5. The highest BCUT2D eigenvalue weighted by Gasteiger charge is 2.28. The van der Waals surface area contributed by atoms with E-state index in [1.165, 1.54) is 25.7 Å². The van der Waals surface area contributed by atoms with Crippen molar-refractivity contribution in [3.8, 4) is 5.75 Å². The van der Waals surface area contributed by atoms with E-state index in [0.29, 0.717) is 11.5 Å². The Morgan fingerprint density at radius 1 is 1.30 bits per heavy atom. The van der Waals surface area contributed by atoms with Crippen molar-refractivity contribution in [2.45, 2.75) is 52.0 Å². The minimum absolute atomic E-state index is 0.0157. The Hall–Kier alpha value is -1.51. The lowest BCUT2D eigenvalue weighted by Crippen LogP contribution is -2.33. The summed E-state index contributed by atoms with van der Waals surface area (Å²) < 4.78 is 5.64. The molecule has 1 aromatic rings. The van der Waals surface area contributed by atoms with Gasteiger partial charge in [0.05, 0.1) is 6.61 Å². The molecule has 1 atom stereocenters. The number of hydrogen-bond donors (Lipinski definition) is 1. The van der Waals surface area contributed by atoms with Crippen molar-refractivity contribution in [2.24, 2.45) is 5.92 Å². The molecule has 20 heavy (non-hydrogen) atoms. The van der Waals surface area contributed by atoms with Gasteiger partial charge < -0.3 is 10.1 Å². The molecule has 1 saturated carbocycles. The second-order valence-electron chi connectivity index (χ2n) is 5.68. The van der Waals surface area contributed by atoms with E-state index >= 15 is 0 Å². The molecule has 1 aliphatic rings. The van der Waals surface area contributed by atoms with Gasteiger partial charge in [-0.3, -0.25) is 4.79 Å². The van der Waals surface area contributed by atoms with E-state index in [4.69, 9.17) is 4.74 Å². The molecule has 0 spiro atoms. The third kappa shape index (κ3) is 4.55. The summed E-state index contributed by atoms with van der Waals surface area (Å²) in [7, 11) is 0. The first-order valence-corrected chi connectivity index (χ1v) is 7.74. The maximum absolute atomic E-state index is 12.0. The maximum atomic E-state index is 12.0. The Kier molecular flexibility index (Phi) is 5.45. The SMILES string of the molecule is CCCCCOc1ccc(C(=O)NC(C)C2CC2)cc1. The molecule has 1 amide bonds. The standard InChI is InChI=1S/C17H25NO2/c1-3-4-5-12-20-16-10-8-15(9-11-16)17(19)18-13(2)14-6-7-14/h8-11,13-14H,3-7,12H2,1-2H3,(H,18,19). The third-order valence-corrected chi connectivity index (χ3v) is 3.82. The van der Waals surface area contributed by atoms with Crippen LogP contribution in [0, 0.1) is 5.92 Å². The molecule has 3 nitrogen and oxygen atoms in total. The van der Waals surface area contributed by atoms with E-state index in [2.05, 4.69) is 19.2 Å². The second-order valence-corrected chi connectivity index (χ2v) is 5.68. The summed E-state index contributed by atoms with van der Waals surface area (Å²) >= 11 is 0. The van der Waals surface area contributed by atoms with Gasteiger partial charge in [0.15, 0.2) is 0 Å². The van der Waals surface area contributed by atoms with Crippen molar-refractivity contribution in [1.29, 1.82) is 0 Å². The molecular weight excluding hydrogens is 250 g/mol. The predicted octanol–water partition coefficient (Wildman–Crippen LogP) is 3.78. The summed E-state index contributed by atoms with van der Waals surface area (Å²) in [4.78, 5) is 12.0. The Labute approximate surface area is 121 Å². The second kappa shape index (κ2) is 7.32. The van der Waals surface area contributed by atoms with E-state index in [9.17, 15) is 4.79 Å². The number of nitrogens with one attached hydrogen (secondary N) is 1. The van der Waals surface area contributed by atoms with Crippen molar-refractivity contribution in [1.82, 2.24) is 5.32 Å². The zero-order valence-corrected chi connectivity index (χ0v) is 12.5. The fourth-order valence-electron chi connectivity index (χ4n) is 2.25. The average molecular weight is 275 g/mol. The van der Waals surface area contributed by atoms with Gasteiger partial charge in [-0.15, -0.1) is 0 Å². The van der Waals surface area contributed by atoms with Crippen LogP contribution in [-0.4, -0.2) is 18.6 Å². The number of benzene rings is 1. The zero-order chi connectivity index (χ0) is 14.4. The summed E-state index contributed by atoms with van der Waals surface area (Å²) in [5.74, 6) is 1.54. The normalized spacial score (nSPS) is 15.7. The number of ether oxygens (including phenoxy) is 1. The molecule has 1 N–H and O–H groups in total. The first kappa shape index (κ1) is 14.9.